The van der Waals surface area contributed by atoms with Crippen LogP contribution in [0.5, 0.6) is 0 Å². The number of phosphoric ester groups is 2. The molecule has 0 aliphatic heterocycles. The largest absolute Gasteiger partial charge is 0.472 e. The molecule has 0 aliphatic rings. The number of unbranched alkanes of at least 4 members (excludes halogenated alkanes) is 37. The van der Waals surface area contributed by atoms with Crippen LogP contribution in [-0.4, -0.2) is 96.7 Å². The first-order valence-corrected chi connectivity index (χ1v) is 42.3. The Morgan fingerprint density at radius 2 is 0.505 bits per heavy atom. The van der Waals surface area contributed by atoms with E-state index in [2.05, 4.69) is 55.4 Å². The summed E-state index contributed by atoms with van der Waals surface area (Å²) < 4.78 is 68.4. The van der Waals surface area contributed by atoms with Crippen LogP contribution >= 0.6 is 15.6 Å². The van der Waals surface area contributed by atoms with E-state index in [9.17, 15) is 43.2 Å². The van der Waals surface area contributed by atoms with Gasteiger partial charge in [0.05, 0.1) is 26.4 Å². The lowest BCUT2D eigenvalue weighted by Crippen LogP contribution is -2.30. The second kappa shape index (κ2) is 65.4. The second-order valence-electron chi connectivity index (χ2n) is 28.8. The van der Waals surface area contributed by atoms with Crippen molar-refractivity contribution in [1.29, 1.82) is 0 Å². The normalized spacial score (nSPS) is 14.7. The van der Waals surface area contributed by atoms with Crippen molar-refractivity contribution in [2.75, 3.05) is 39.6 Å². The zero-order valence-electron chi connectivity index (χ0n) is 62.3. The minimum absolute atomic E-state index is 0.102. The quantitative estimate of drug-likeness (QED) is 0.0222. The molecule has 0 aromatic carbocycles. The minimum atomic E-state index is -4.95. The molecule has 0 heterocycles. The third-order valence-electron chi connectivity index (χ3n) is 18.3. The number of hydrogen-bond acceptors (Lipinski definition) is 15. The maximum atomic E-state index is 13.0. The van der Waals surface area contributed by atoms with Gasteiger partial charge >= 0.3 is 39.5 Å². The van der Waals surface area contributed by atoms with Crippen molar-refractivity contribution in [3.63, 3.8) is 0 Å². The molecule has 7 atom stereocenters. The van der Waals surface area contributed by atoms with Crippen LogP contribution < -0.4 is 0 Å². The standard InChI is InChI=1S/C76H148O17P2/c1-9-68(7)54-46-38-29-25-21-17-15-13-11-12-14-16-18-22-26-30-40-48-56-73(78)86-62-72(93-76(81)59-51-43-34-32-37-45-53-67(5)6)65-91-95(84,85)89-61-70(77)60-88-94(82,83)90-64-71(63-87-74(79)57-49-41-35-33-39-47-55-69(8)10-2)92-75(80)58-50-42-31-27-23-19-20-24-28-36-44-52-66(3)4/h66-72,77H,9-65H2,1-8H3,(H,82,83)(H,84,85)/t68?,69?,70-,71+,72+/m0/s1. The average molecular weight is 1400 g/mol. The first-order chi connectivity index (χ1) is 45.7. The SMILES string of the molecule is CCC(C)CCCCCCCCCCCCCCCCCCCCC(=O)OC[C@H](COP(=O)(O)OC[C@@H](O)COP(=O)(O)OC[C@@H](COC(=O)CCCCCCCCC(C)CC)OC(=O)CCCCCCCCCCCCCC(C)C)OC(=O)CCCCCCCCC(C)C. The van der Waals surface area contributed by atoms with Crippen LogP contribution in [0.25, 0.3) is 0 Å². The molecule has 0 saturated heterocycles. The van der Waals surface area contributed by atoms with E-state index in [-0.39, 0.29) is 25.7 Å². The Hall–Kier alpha value is -1.94. The van der Waals surface area contributed by atoms with Gasteiger partial charge in [-0.3, -0.25) is 37.3 Å². The predicted octanol–water partition coefficient (Wildman–Crippen LogP) is 22.0. The summed E-state index contributed by atoms with van der Waals surface area (Å²) in [5, 5.41) is 10.6. The smallest absolute Gasteiger partial charge is 0.462 e. The molecular formula is C76H148O17P2. The summed E-state index contributed by atoms with van der Waals surface area (Å²) in [7, 11) is -9.91. The van der Waals surface area contributed by atoms with Gasteiger partial charge in [-0.2, -0.15) is 0 Å². The van der Waals surface area contributed by atoms with Crippen molar-refractivity contribution in [3.8, 4) is 0 Å². The van der Waals surface area contributed by atoms with Gasteiger partial charge in [0.2, 0.25) is 0 Å². The van der Waals surface area contributed by atoms with E-state index < -0.39 is 97.5 Å². The van der Waals surface area contributed by atoms with Gasteiger partial charge in [0.1, 0.15) is 19.3 Å². The van der Waals surface area contributed by atoms with E-state index >= 15 is 0 Å². The summed E-state index contributed by atoms with van der Waals surface area (Å²) in [5.74, 6) is 0.911. The minimum Gasteiger partial charge on any atom is -0.462 e. The van der Waals surface area contributed by atoms with E-state index in [0.29, 0.717) is 31.6 Å². The molecule has 4 unspecified atom stereocenters. The van der Waals surface area contributed by atoms with Crippen molar-refractivity contribution < 1.29 is 80.2 Å². The third kappa shape index (κ3) is 67.6. The fraction of sp³-hybridized carbons (Fsp3) is 0.947. The molecule has 0 aromatic rings. The first-order valence-electron chi connectivity index (χ1n) is 39.3. The monoisotopic (exact) mass is 1400 g/mol. The summed E-state index contributed by atoms with van der Waals surface area (Å²) >= 11 is 0. The Morgan fingerprint density at radius 3 is 0.747 bits per heavy atom. The highest BCUT2D eigenvalue weighted by molar-refractivity contribution is 7.47. The molecule has 0 fully saturated rings. The second-order valence-corrected chi connectivity index (χ2v) is 31.7. The molecule has 564 valence electrons. The topological polar surface area (TPSA) is 237 Å². The zero-order valence-corrected chi connectivity index (χ0v) is 64.1. The first kappa shape index (κ1) is 93.1. The number of aliphatic hydroxyl groups is 1. The number of carbonyl (C=O) groups excluding carboxylic acids is 4. The lowest BCUT2D eigenvalue weighted by molar-refractivity contribution is -0.161. The average Bonchev–Trinajstić information content (AvgIpc) is 1.33. The number of aliphatic hydroxyl groups excluding tert-OH is 1. The van der Waals surface area contributed by atoms with Gasteiger partial charge in [-0.1, -0.05) is 331 Å². The molecule has 3 N–H and O–H groups in total. The Morgan fingerprint density at radius 1 is 0.295 bits per heavy atom. The number of carbonyl (C=O) groups is 4. The molecule has 17 nitrogen and oxygen atoms in total. The Bertz CT molecular complexity index is 1870. The fourth-order valence-corrected chi connectivity index (χ4v) is 13.1. The lowest BCUT2D eigenvalue weighted by Gasteiger charge is -2.21. The van der Waals surface area contributed by atoms with Crippen LogP contribution in [0.3, 0.4) is 0 Å². The molecule has 0 bridgehead atoms. The lowest BCUT2D eigenvalue weighted by atomic mass is 9.99. The molecule has 0 spiro atoms. The Labute approximate surface area is 581 Å². The van der Waals surface area contributed by atoms with Gasteiger partial charge < -0.3 is 33.8 Å². The summed E-state index contributed by atoms with van der Waals surface area (Å²) in [6, 6.07) is 0. The molecule has 0 saturated carbocycles. The van der Waals surface area contributed by atoms with Crippen molar-refractivity contribution in [2.45, 2.75) is 401 Å². The maximum absolute atomic E-state index is 13.0. The molecule has 0 rings (SSSR count). The molecule has 19 heteroatoms. The summed E-state index contributed by atoms with van der Waals surface area (Å²) in [6.45, 7) is 14.1. The number of ether oxygens (including phenoxy) is 4. The predicted molar refractivity (Wildman–Crippen MR) is 386 cm³/mol. The van der Waals surface area contributed by atoms with Crippen molar-refractivity contribution in [2.24, 2.45) is 23.7 Å². The Kier molecular flexibility index (Phi) is 64.0. The molecular weight excluding hydrogens is 1250 g/mol. The maximum Gasteiger partial charge on any atom is 0.472 e. The van der Waals surface area contributed by atoms with Crippen LogP contribution in [-0.2, 0) is 65.4 Å². The summed E-state index contributed by atoms with van der Waals surface area (Å²) in [6.07, 6.45) is 50.3. The third-order valence-corrected chi connectivity index (χ3v) is 20.2. The van der Waals surface area contributed by atoms with Crippen LogP contribution in [0.4, 0.5) is 0 Å². The van der Waals surface area contributed by atoms with Gasteiger partial charge in [0.15, 0.2) is 12.2 Å². The van der Waals surface area contributed by atoms with E-state index in [1.54, 1.807) is 0 Å². The zero-order chi connectivity index (χ0) is 70.3. The molecule has 0 amide bonds. The highest BCUT2D eigenvalue weighted by atomic mass is 31.2. The fourth-order valence-electron chi connectivity index (χ4n) is 11.5. The van der Waals surface area contributed by atoms with Crippen LogP contribution in [0, 0.1) is 23.7 Å². The van der Waals surface area contributed by atoms with Gasteiger partial charge in [0, 0.05) is 25.7 Å². The van der Waals surface area contributed by atoms with E-state index in [0.717, 1.165) is 114 Å². The number of phosphoric acid groups is 2. The molecule has 0 radical (unpaired) electrons. The van der Waals surface area contributed by atoms with Crippen LogP contribution in [0.2, 0.25) is 0 Å². The molecule has 95 heavy (non-hydrogen) atoms. The number of esters is 4. The highest BCUT2D eigenvalue weighted by Crippen LogP contribution is 2.45. The van der Waals surface area contributed by atoms with Crippen molar-refractivity contribution in [1.82, 2.24) is 0 Å². The van der Waals surface area contributed by atoms with Crippen molar-refractivity contribution in [3.05, 3.63) is 0 Å². The summed E-state index contributed by atoms with van der Waals surface area (Å²) in [4.78, 5) is 72.7. The van der Waals surface area contributed by atoms with E-state index in [1.807, 2.05) is 0 Å². The summed E-state index contributed by atoms with van der Waals surface area (Å²) in [5.41, 5.74) is 0. The molecule has 0 aromatic heterocycles. The van der Waals surface area contributed by atoms with Crippen LogP contribution in [0.1, 0.15) is 383 Å². The van der Waals surface area contributed by atoms with Gasteiger partial charge in [-0.15, -0.1) is 0 Å². The highest BCUT2D eigenvalue weighted by Gasteiger charge is 2.30. The number of hydrogen-bond donors (Lipinski definition) is 3. The molecule has 0 aliphatic carbocycles. The number of rotatable bonds is 73. The van der Waals surface area contributed by atoms with Gasteiger partial charge in [-0.25, -0.2) is 9.13 Å². The van der Waals surface area contributed by atoms with E-state index in [1.165, 1.54) is 180 Å². The van der Waals surface area contributed by atoms with Crippen LogP contribution in [0.15, 0.2) is 0 Å². The van der Waals surface area contributed by atoms with E-state index in [4.69, 9.17) is 37.0 Å². The Balaban J connectivity index is 5.11. The van der Waals surface area contributed by atoms with Gasteiger partial charge in [-0.05, 0) is 49.4 Å². The van der Waals surface area contributed by atoms with Gasteiger partial charge in [0.25, 0.3) is 0 Å². The van der Waals surface area contributed by atoms with Crippen molar-refractivity contribution >= 4 is 39.5 Å².